The van der Waals surface area contributed by atoms with Gasteiger partial charge in [0.1, 0.15) is 0 Å². The summed E-state index contributed by atoms with van der Waals surface area (Å²) in [6.45, 7) is 6.14. The zero-order chi connectivity index (χ0) is 15.9. The number of nitrogens with one attached hydrogen (secondary N) is 1. The molecule has 2 rings (SSSR count). The molecule has 0 saturated heterocycles. The molecule has 1 amide bonds. The summed E-state index contributed by atoms with van der Waals surface area (Å²) in [5.74, 6) is 1.06. The number of hydrogen-bond donors (Lipinski definition) is 1. The number of benzene rings is 2. The van der Waals surface area contributed by atoms with Crippen LogP contribution < -0.4 is 5.32 Å². The van der Waals surface area contributed by atoms with E-state index in [1.54, 1.807) is 11.8 Å². The Morgan fingerprint density at radius 3 is 2.41 bits per heavy atom. The molecule has 0 aromatic heterocycles. The third kappa shape index (κ3) is 5.23. The van der Waals surface area contributed by atoms with Crippen LogP contribution in [-0.2, 0) is 4.79 Å². The number of carbonyl (C=O) groups is 1. The number of anilines is 1. The maximum atomic E-state index is 12.0. The Morgan fingerprint density at radius 1 is 1.00 bits per heavy atom. The van der Waals surface area contributed by atoms with Crippen molar-refractivity contribution in [3.63, 3.8) is 0 Å². The third-order valence-corrected chi connectivity index (χ3v) is 4.60. The van der Waals surface area contributed by atoms with Gasteiger partial charge in [-0.3, -0.25) is 4.79 Å². The molecule has 0 unspecified atom stereocenters. The van der Waals surface area contributed by atoms with Crippen LogP contribution in [0.25, 0.3) is 0 Å². The van der Waals surface area contributed by atoms with Crippen molar-refractivity contribution in [1.82, 2.24) is 0 Å². The van der Waals surface area contributed by atoms with Crippen molar-refractivity contribution in [2.75, 3.05) is 11.1 Å². The average molecular weight is 313 g/mol. The second-order valence-electron chi connectivity index (χ2n) is 5.63. The molecule has 0 aliphatic carbocycles. The van der Waals surface area contributed by atoms with Gasteiger partial charge in [-0.1, -0.05) is 29.8 Å². The standard InChI is InChI=1S/C19H23NOS/c1-14-7-10-17(11-8-14)22-12-4-5-19(21)20-18-13-15(2)6-9-16(18)3/h6-11,13H,4-5,12H2,1-3H3,(H,20,21). The van der Waals surface area contributed by atoms with Crippen LogP contribution in [0.1, 0.15) is 29.5 Å². The van der Waals surface area contributed by atoms with Crippen molar-refractivity contribution in [3.05, 3.63) is 59.2 Å². The fourth-order valence-corrected chi connectivity index (χ4v) is 2.99. The molecule has 2 nitrogen and oxygen atoms in total. The minimum absolute atomic E-state index is 0.0956. The second kappa shape index (κ2) is 8.04. The van der Waals surface area contributed by atoms with Crippen LogP contribution in [-0.4, -0.2) is 11.7 Å². The van der Waals surface area contributed by atoms with E-state index in [0.29, 0.717) is 6.42 Å². The average Bonchev–Trinajstić information content (AvgIpc) is 2.49. The molecule has 0 spiro atoms. The molecule has 0 bridgehead atoms. The topological polar surface area (TPSA) is 29.1 Å². The minimum atomic E-state index is 0.0956. The number of hydrogen-bond acceptors (Lipinski definition) is 2. The fraction of sp³-hybridized carbons (Fsp3) is 0.316. The molecule has 3 heteroatoms. The van der Waals surface area contributed by atoms with E-state index in [1.807, 2.05) is 26.0 Å². The number of amides is 1. The number of thioether (sulfide) groups is 1. The van der Waals surface area contributed by atoms with Gasteiger partial charge in [0.25, 0.3) is 0 Å². The predicted molar refractivity (Wildman–Crippen MR) is 95.7 cm³/mol. The van der Waals surface area contributed by atoms with Crippen molar-refractivity contribution in [2.45, 2.75) is 38.5 Å². The van der Waals surface area contributed by atoms with Crippen LogP contribution in [0, 0.1) is 20.8 Å². The summed E-state index contributed by atoms with van der Waals surface area (Å²) >= 11 is 1.80. The van der Waals surface area contributed by atoms with Crippen molar-refractivity contribution < 1.29 is 4.79 Å². The molecular formula is C19H23NOS. The largest absolute Gasteiger partial charge is 0.326 e. The Labute approximate surface area is 137 Å². The highest BCUT2D eigenvalue weighted by atomic mass is 32.2. The van der Waals surface area contributed by atoms with E-state index in [2.05, 4.69) is 42.6 Å². The number of aryl methyl sites for hydroxylation is 3. The second-order valence-corrected chi connectivity index (χ2v) is 6.80. The van der Waals surface area contributed by atoms with Gasteiger partial charge >= 0.3 is 0 Å². The van der Waals surface area contributed by atoms with Crippen molar-refractivity contribution in [2.24, 2.45) is 0 Å². The van der Waals surface area contributed by atoms with Gasteiger partial charge in [0.15, 0.2) is 0 Å². The maximum Gasteiger partial charge on any atom is 0.224 e. The zero-order valence-electron chi connectivity index (χ0n) is 13.5. The third-order valence-electron chi connectivity index (χ3n) is 3.51. The number of carbonyl (C=O) groups excluding carboxylic acids is 1. The van der Waals surface area contributed by atoms with Crippen LogP contribution in [0.3, 0.4) is 0 Å². The molecule has 0 saturated carbocycles. The lowest BCUT2D eigenvalue weighted by molar-refractivity contribution is -0.116. The Balaban J connectivity index is 1.74. The summed E-state index contributed by atoms with van der Waals surface area (Å²) in [5.41, 5.74) is 4.47. The van der Waals surface area contributed by atoms with Crippen LogP contribution in [0.4, 0.5) is 5.69 Å². The van der Waals surface area contributed by atoms with Gasteiger partial charge < -0.3 is 5.32 Å². The SMILES string of the molecule is Cc1ccc(SCCCC(=O)Nc2cc(C)ccc2C)cc1. The van der Waals surface area contributed by atoms with Crippen LogP contribution in [0.2, 0.25) is 0 Å². The molecular weight excluding hydrogens is 290 g/mol. The van der Waals surface area contributed by atoms with Crippen LogP contribution >= 0.6 is 11.8 Å². The molecule has 0 fully saturated rings. The van der Waals surface area contributed by atoms with Crippen LogP contribution in [0.5, 0.6) is 0 Å². The summed E-state index contributed by atoms with van der Waals surface area (Å²) in [7, 11) is 0. The molecule has 116 valence electrons. The predicted octanol–water partition coefficient (Wildman–Crippen LogP) is 5.12. The first-order valence-electron chi connectivity index (χ1n) is 7.61. The van der Waals surface area contributed by atoms with E-state index in [1.165, 1.54) is 10.5 Å². The Bertz CT molecular complexity index is 634. The normalized spacial score (nSPS) is 10.5. The lowest BCUT2D eigenvalue weighted by Crippen LogP contribution is -2.12. The first-order valence-corrected chi connectivity index (χ1v) is 8.60. The van der Waals surface area contributed by atoms with E-state index in [-0.39, 0.29) is 5.91 Å². The molecule has 0 aliphatic heterocycles. The Kier molecular flexibility index (Phi) is 6.08. The zero-order valence-corrected chi connectivity index (χ0v) is 14.3. The minimum Gasteiger partial charge on any atom is -0.326 e. The van der Waals surface area contributed by atoms with Gasteiger partial charge in [0.05, 0.1) is 0 Å². The van der Waals surface area contributed by atoms with Gasteiger partial charge in [0.2, 0.25) is 5.91 Å². The highest BCUT2D eigenvalue weighted by Crippen LogP contribution is 2.20. The lowest BCUT2D eigenvalue weighted by atomic mass is 10.1. The van der Waals surface area contributed by atoms with Crippen molar-refractivity contribution >= 4 is 23.4 Å². The molecule has 1 N–H and O–H groups in total. The highest BCUT2D eigenvalue weighted by molar-refractivity contribution is 7.99. The molecule has 0 aliphatic rings. The number of rotatable bonds is 6. The first-order chi connectivity index (χ1) is 10.5. The Hall–Kier alpha value is -1.74. The van der Waals surface area contributed by atoms with E-state index in [0.717, 1.165) is 29.0 Å². The highest BCUT2D eigenvalue weighted by Gasteiger charge is 2.05. The molecule has 22 heavy (non-hydrogen) atoms. The van der Waals surface area contributed by atoms with Gasteiger partial charge in [-0.15, -0.1) is 11.8 Å². The van der Waals surface area contributed by atoms with E-state index >= 15 is 0 Å². The van der Waals surface area contributed by atoms with Gasteiger partial charge in [-0.05, 0) is 62.3 Å². The Morgan fingerprint density at radius 2 is 1.68 bits per heavy atom. The summed E-state index contributed by atoms with van der Waals surface area (Å²) in [6, 6.07) is 14.6. The monoisotopic (exact) mass is 313 g/mol. The molecule has 0 atom stereocenters. The van der Waals surface area contributed by atoms with Gasteiger partial charge in [0, 0.05) is 17.0 Å². The first kappa shape index (κ1) is 16.6. The lowest BCUT2D eigenvalue weighted by Gasteiger charge is -2.09. The van der Waals surface area contributed by atoms with E-state index in [9.17, 15) is 4.79 Å². The quantitative estimate of drug-likeness (QED) is 0.592. The molecule has 2 aromatic rings. The van der Waals surface area contributed by atoms with Gasteiger partial charge in [-0.25, -0.2) is 0 Å². The summed E-state index contributed by atoms with van der Waals surface area (Å²) in [4.78, 5) is 13.3. The van der Waals surface area contributed by atoms with Crippen molar-refractivity contribution in [3.8, 4) is 0 Å². The fourth-order valence-electron chi connectivity index (χ4n) is 2.14. The molecule has 0 heterocycles. The van der Waals surface area contributed by atoms with E-state index in [4.69, 9.17) is 0 Å². The molecule has 2 aromatic carbocycles. The van der Waals surface area contributed by atoms with Gasteiger partial charge in [-0.2, -0.15) is 0 Å². The maximum absolute atomic E-state index is 12.0. The smallest absolute Gasteiger partial charge is 0.224 e. The van der Waals surface area contributed by atoms with Crippen molar-refractivity contribution in [1.29, 1.82) is 0 Å². The summed E-state index contributed by atoms with van der Waals surface area (Å²) < 4.78 is 0. The van der Waals surface area contributed by atoms with E-state index < -0.39 is 0 Å². The summed E-state index contributed by atoms with van der Waals surface area (Å²) in [5, 5.41) is 3.01. The summed E-state index contributed by atoms with van der Waals surface area (Å²) in [6.07, 6.45) is 1.45. The molecule has 0 radical (unpaired) electrons. The van der Waals surface area contributed by atoms with Crippen LogP contribution in [0.15, 0.2) is 47.4 Å².